The van der Waals surface area contributed by atoms with Crippen LogP contribution in [0.2, 0.25) is 0 Å². The molecule has 5 aliphatic carbocycles. The van der Waals surface area contributed by atoms with E-state index in [2.05, 4.69) is 46.8 Å². The minimum Gasteiger partial charge on any atom is -0.493 e. The summed E-state index contributed by atoms with van der Waals surface area (Å²) in [5, 5.41) is 12.1. The van der Waals surface area contributed by atoms with Gasteiger partial charge >= 0.3 is 0 Å². The number of ether oxygens (including phenoxy) is 3. The molecule has 6 aliphatic rings. The molecule has 1 aromatic rings. The summed E-state index contributed by atoms with van der Waals surface area (Å²) in [7, 11) is 3.59. The van der Waals surface area contributed by atoms with E-state index in [1.54, 1.807) is 7.11 Å². The van der Waals surface area contributed by atoms with Gasteiger partial charge in [-0.25, -0.2) is 0 Å². The van der Waals surface area contributed by atoms with Crippen LogP contribution in [0.25, 0.3) is 0 Å². The maximum Gasteiger partial charge on any atom is 0.165 e. The van der Waals surface area contributed by atoms with Crippen molar-refractivity contribution < 1.29 is 19.3 Å². The fraction of sp³-hybridized carbons (Fsp3) is 0.778. The lowest BCUT2D eigenvalue weighted by Gasteiger charge is -2.56. The Labute approximate surface area is 185 Å². The lowest BCUT2D eigenvalue weighted by atomic mass is 9.51. The topological polar surface area (TPSA) is 47.9 Å². The first-order chi connectivity index (χ1) is 14.5. The Morgan fingerprint density at radius 2 is 1.87 bits per heavy atom. The van der Waals surface area contributed by atoms with Gasteiger partial charge in [0, 0.05) is 23.5 Å². The molecule has 9 atom stereocenters. The van der Waals surface area contributed by atoms with Crippen molar-refractivity contribution in [1.82, 2.24) is 0 Å². The first-order valence-corrected chi connectivity index (χ1v) is 12.1. The van der Waals surface area contributed by atoms with Gasteiger partial charge in [-0.2, -0.15) is 0 Å². The second-order valence-electron chi connectivity index (χ2n) is 13.1. The lowest BCUT2D eigenvalue weighted by molar-refractivity contribution is -0.190. The van der Waals surface area contributed by atoms with Crippen LogP contribution in [0.5, 0.6) is 11.5 Å². The number of fused-ring (bicyclic) bond motifs is 3. The van der Waals surface area contributed by atoms with Gasteiger partial charge < -0.3 is 19.3 Å². The molecule has 0 aromatic heterocycles. The van der Waals surface area contributed by atoms with E-state index in [0.717, 1.165) is 36.2 Å². The molecule has 1 aromatic carbocycles. The molecule has 1 heterocycles. The number of hydrogen-bond donors (Lipinski definition) is 1. The molecule has 4 fully saturated rings. The summed E-state index contributed by atoms with van der Waals surface area (Å²) >= 11 is 0. The van der Waals surface area contributed by atoms with Crippen molar-refractivity contribution in [2.24, 2.45) is 34.0 Å². The predicted octanol–water partition coefficient (Wildman–Crippen LogP) is 4.50. The van der Waals surface area contributed by atoms with Gasteiger partial charge in [0.05, 0.1) is 12.7 Å². The molecule has 2 spiro atoms. The number of rotatable bonds is 3. The highest BCUT2D eigenvalue weighted by Gasteiger charge is 2.93. The summed E-state index contributed by atoms with van der Waals surface area (Å²) in [6, 6.07) is 4.40. The van der Waals surface area contributed by atoms with Crippen molar-refractivity contribution in [1.29, 1.82) is 0 Å². The van der Waals surface area contributed by atoms with Gasteiger partial charge in [0.15, 0.2) is 11.5 Å². The van der Waals surface area contributed by atoms with Gasteiger partial charge in [-0.15, -0.1) is 0 Å². The Morgan fingerprint density at radius 1 is 1.13 bits per heavy atom. The Bertz CT molecular complexity index is 1040. The molecular weight excluding hydrogens is 388 g/mol. The third-order valence-corrected chi connectivity index (χ3v) is 11.8. The summed E-state index contributed by atoms with van der Waals surface area (Å²) in [6.45, 7) is 11.0. The van der Waals surface area contributed by atoms with E-state index >= 15 is 0 Å². The standard InChI is InChI=1S/C27H36O4/c1-14-18-16-11-25(23(5,28)22(2,3)4)13-27(25,30-7)21-26(16)12-24(14,18)10-15-8-9-17(29-6)20(31-21)19(15)26/h8-9,14,16,18,21,28H,10-13H2,1-7H3/t14-,16?,18-,21+,23+,24?,25+,26-,27-/m0/s1. The molecule has 7 rings (SSSR count). The summed E-state index contributed by atoms with van der Waals surface area (Å²) in [5.41, 5.74) is 1.53. The van der Waals surface area contributed by atoms with Crippen LogP contribution in [0.1, 0.15) is 65.0 Å². The van der Waals surface area contributed by atoms with Gasteiger partial charge in [-0.3, -0.25) is 0 Å². The molecule has 4 saturated carbocycles. The van der Waals surface area contributed by atoms with Crippen molar-refractivity contribution in [3.05, 3.63) is 23.3 Å². The first kappa shape index (κ1) is 19.2. The summed E-state index contributed by atoms with van der Waals surface area (Å²) < 4.78 is 19.2. The molecule has 0 amide bonds. The maximum absolute atomic E-state index is 12.1. The van der Waals surface area contributed by atoms with Gasteiger partial charge in [0.1, 0.15) is 11.7 Å². The molecule has 31 heavy (non-hydrogen) atoms. The molecule has 0 saturated heterocycles. The number of methoxy groups -OCH3 is 2. The van der Waals surface area contributed by atoms with Crippen molar-refractivity contribution in [2.45, 2.75) is 83.0 Å². The molecule has 2 bridgehead atoms. The third-order valence-electron chi connectivity index (χ3n) is 11.8. The third kappa shape index (κ3) is 1.59. The van der Waals surface area contributed by atoms with E-state index in [1.165, 1.54) is 24.0 Å². The molecule has 1 N–H and O–H groups in total. The highest BCUT2D eigenvalue weighted by atomic mass is 16.6. The van der Waals surface area contributed by atoms with Crippen LogP contribution in [-0.4, -0.2) is 36.6 Å². The zero-order chi connectivity index (χ0) is 22.0. The SMILES string of the molecule is COc1ccc2c3c1O[C@H]1[C@@]4(OC)C[C@@]4([C@](C)(O)C(C)(C)C)CC4[C@@H]5[C@H](C)C5(C2)C[C@@]341. The minimum absolute atomic E-state index is 0.0125. The zero-order valence-electron chi connectivity index (χ0n) is 20.0. The minimum atomic E-state index is -0.843. The van der Waals surface area contributed by atoms with E-state index < -0.39 is 11.2 Å². The summed E-state index contributed by atoms with van der Waals surface area (Å²) in [5.74, 6) is 3.85. The van der Waals surface area contributed by atoms with E-state index in [-0.39, 0.29) is 22.3 Å². The van der Waals surface area contributed by atoms with Crippen molar-refractivity contribution >= 4 is 0 Å². The number of benzene rings is 1. The monoisotopic (exact) mass is 424 g/mol. The van der Waals surface area contributed by atoms with Crippen LogP contribution in [0, 0.1) is 34.0 Å². The Morgan fingerprint density at radius 3 is 2.52 bits per heavy atom. The second-order valence-corrected chi connectivity index (χ2v) is 13.1. The van der Waals surface area contributed by atoms with Crippen molar-refractivity contribution in [3.63, 3.8) is 0 Å². The van der Waals surface area contributed by atoms with E-state index in [9.17, 15) is 5.11 Å². The normalized spacial score (nSPS) is 51.2. The van der Waals surface area contributed by atoms with E-state index in [0.29, 0.717) is 11.3 Å². The fourth-order valence-electron chi connectivity index (χ4n) is 9.98. The van der Waals surface area contributed by atoms with Gasteiger partial charge in [-0.1, -0.05) is 33.8 Å². The predicted molar refractivity (Wildman–Crippen MR) is 117 cm³/mol. The molecule has 4 nitrogen and oxygen atoms in total. The molecule has 4 heteroatoms. The first-order valence-electron chi connectivity index (χ1n) is 12.1. The largest absolute Gasteiger partial charge is 0.493 e. The van der Waals surface area contributed by atoms with Crippen LogP contribution in [0.15, 0.2) is 12.1 Å². The Hall–Kier alpha value is -1.26. The quantitative estimate of drug-likeness (QED) is 0.776. The van der Waals surface area contributed by atoms with Gasteiger partial charge in [-0.05, 0) is 72.8 Å². The highest BCUT2D eigenvalue weighted by Crippen LogP contribution is 2.90. The summed E-state index contributed by atoms with van der Waals surface area (Å²) in [4.78, 5) is 0. The average molecular weight is 425 g/mol. The fourth-order valence-corrected chi connectivity index (χ4v) is 9.98. The Balaban J connectivity index is 1.49. The molecule has 168 valence electrons. The average Bonchev–Trinajstić information content (AvgIpc) is 3.43. The van der Waals surface area contributed by atoms with Crippen LogP contribution in [0.4, 0.5) is 0 Å². The number of aliphatic hydroxyl groups is 1. The lowest BCUT2D eigenvalue weighted by Crippen LogP contribution is -2.64. The van der Waals surface area contributed by atoms with Crippen LogP contribution >= 0.6 is 0 Å². The van der Waals surface area contributed by atoms with Crippen molar-refractivity contribution in [2.75, 3.05) is 14.2 Å². The summed E-state index contributed by atoms with van der Waals surface area (Å²) in [6.07, 6.45) is 4.26. The smallest absolute Gasteiger partial charge is 0.165 e. The molecule has 2 unspecified atom stereocenters. The Kier molecular flexibility index (Phi) is 2.99. The highest BCUT2D eigenvalue weighted by molar-refractivity contribution is 5.65. The molecule has 1 aliphatic heterocycles. The van der Waals surface area contributed by atoms with Crippen molar-refractivity contribution in [3.8, 4) is 11.5 Å². The van der Waals surface area contributed by atoms with Gasteiger partial charge in [0.25, 0.3) is 0 Å². The maximum atomic E-state index is 12.1. The van der Waals surface area contributed by atoms with Crippen LogP contribution < -0.4 is 9.47 Å². The molecular formula is C27H36O4. The zero-order valence-corrected chi connectivity index (χ0v) is 20.0. The van der Waals surface area contributed by atoms with Crippen LogP contribution in [-0.2, 0) is 16.6 Å². The molecule has 0 radical (unpaired) electrons. The van der Waals surface area contributed by atoms with Crippen LogP contribution in [0.3, 0.4) is 0 Å². The number of hydrogen-bond acceptors (Lipinski definition) is 4. The van der Waals surface area contributed by atoms with E-state index in [4.69, 9.17) is 14.2 Å². The van der Waals surface area contributed by atoms with E-state index in [1.807, 2.05) is 7.11 Å². The second kappa shape index (κ2) is 4.82. The van der Waals surface area contributed by atoms with Gasteiger partial charge in [0.2, 0.25) is 0 Å².